The molecular formula is C9H6N4O. The molecule has 1 aromatic rings. The van der Waals surface area contributed by atoms with Gasteiger partial charge >= 0.3 is 0 Å². The lowest BCUT2D eigenvalue weighted by molar-refractivity contribution is 0.140. The van der Waals surface area contributed by atoms with E-state index in [0.29, 0.717) is 11.4 Å². The zero-order valence-electron chi connectivity index (χ0n) is 7.12. The molecule has 5 heteroatoms. The fourth-order valence-corrected chi connectivity index (χ4v) is 1.57. The topological polar surface area (TPSA) is 63.8 Å². The summed E-state index contributed by atoms with van der Waals surface area (Å²) >= 11 is 0. The number of para-hydroxylation sites is 1. The zero-order chi connectivity index (χ0) is 9.54. The monoisotopic (exact) mass is 186 g/mol. The predicted molar refractivity (Wildman–Crippen MR) is 49.1 cm³/mol. The van der Waals surface area contributed by atoms with Gasteiger partial charge in [-0.25, -0.2) is 4.98 Å². The van der Waals surface area contributed by atoms with Gasteiger partial charge in [-0.15, -0.1) is 5.10 Å². The van der Waals surface area contributed by atoms with Crippen molar-refractivity contribution in [2.75, 3.05) is 0 Å². The van der Waals surface area contributed by atoms with Crippen molar-refractivity contribution in [2.24, 2.45) is 0 Å². The molecule has 2 heterocycles. The van der Waals surface area contributed by atoms with Gasteiger partial charge in [0.2, 0.25) is 0 Å². The van der Waals surface area contributed by atoms with Crippen molar-refractivity contribution in [3.05, 3.63) is 30.5 Å². The zero-order valence-corrected chi connectivity index (χ0v) is 7.12. The molecule has 3 rings (SSSR count). The van der Waals surface area contributed by atoms with E-state index in [2.05, 4.69) is 15.3 Å². The lowest BCUT2D eigenvalue weighted by Gasteiger charge is -1.99. The number of aromatic nitrogens is 4. The van der Waals surface area contributed by atoms with E-state index in [1.54, 1.807) is 0 Å². The largest absolute Gasteiger partial charge is 0.410 e. The normalized spacial score (nSPS) is 11.1. The van der Waals surface area contributed by atoms with Crippen LogP contribution in [0.2, 0.25) is 0 Å². The van der Waals surface area contributed by atoms with Crippen LogP contribution in [0.25, 0.3) is 22.3 Å². The number of hydrogen-bond acceptors (Lipinski definition) is 4. The SMILES string of the molecule is On1nncc2nc3ccccc3c1-2. The highest BCUT2D eigenvalue weighted by molar-refractivity contribution is 5.94. The average Bonchev–Trinajstić information content (AvgIpc) is 2.57. The molecule has 0 radical (unpaired) electrons. The van der Waals surface area contributed by atoms with Crippen LogP contribution in [0.1, 0.15) is 0 Å². The van der Waals surface area contributed by atoms with Crippen molar-refractivity contribution >= 4 is 10.9 Å². The van der Waals surface area contributed by atoms with Crippen LogP contribution in [0.3, 0.4) is 0 Å². The van der Waals surface area contributed by atoms with Gasteiger partial charge < -0.3 is 5.21 Å². The van der Waals surface area contributed by atoms with Gasteiger partial charge in [-0.05, 0) is 11.3 Å². The first-order valence-electron chi connectivity index (χ1n) is 4.15. The standard InChI is InChI=1S/C9H6N4O/c14-13-9-6-3-1-2-4-7(6)11-8(9)5-10-12-13/h1-5,14H. The summed E-state index contributed by atoms with van der Waals surface area (Å²) in [5.74, 6) is 0. The van der Waals surface area contributed by atoms with Gasteiger partial charge in [0.05, 0.1) is 11.7 Å². The molecule has 14 heavy (non-hydrogen) atoms. The van der Waals surface area contributed by atoms with Gasteiger partial charge in [-0.2, -0.15) is 0 Å². The second kappa shape index (κ2) is 2.41. The number of fused-ring (bicyclic) bond motifs is 3. The highest BCUT2D eigenvalue weighted by Gasteiger charge is 2.15. The lowest BCUT2D eigenvalue weighted by Crippen LogP contribution is -2.04. The number of benzene rings is 1. The lowest BCUT2D eigenvalue weighted by atomic mass is 10.2. The van der Waals surface area contributed by atoms with Gasteiger partial charge in [0.15, 0.2) is 0 Å². The van der Waals surface area contributed by atoms with E-state index in [4.69, 9.17) is 0 Å². The Morgan fingerprint density at radius 1 is 1.21 bits per heavy atom. The maximum absolute atomic E-state index is 9.46. The quantitative estimate of drug-likeness (QED) is 0.535. The molecule has 0 spiro atoms. The molecule has 0 unspecified atom stereocenters. The third kappa shape index (κ3) is 0.806. The highest BCUT2D eigenvalue weighted by Crippen LogP contribution is 2.28. The van der Waals surface area contributed by atoms with Gasteiger partial charge in [0.1, 0.15) is 11.4 Å². The van der Waals surface area contributed by atoms with Gasteiger partial charge in [-0.1, -0.05) is 23.0 Å². The number of rotatable bonds is 0. The molecule has 0 bridgehead atoms. The van der Waals surface area contributed by atoms with Crippen molar-refractivity contribution in [1.29, 1.82) is 0 Å². The highest BCUT2D eigenvalue weighted by atomic mass is 16.5. The Balaban J connectivity index is 2.57. The Morgan fingerprint density at radius 2 is 2.07 bits per heavy atom. The summed E-state index contributed by atoms with van der Waals surface area (Å²) in [6.45, 7) is 0. The van der Waals surface area contributed by atoms with Crippen molar-refractivity contribution in [2.45, 2.75) is 0 Å². The minimum Gasteiger partial charge on any atom is -0.410 e. The van der Waals surface area contributed by atoms with Crippen LogP contribution in [-0.2, 0) is 0 Å². The molecule has 0 atom stereocenters. The number of hydrogen-bond donors (Lipinski definition) is 1. The molecule has 0 amide bonds. The van der Waals surface area contributed by atoms with Gasteiger partial charge in [0, 0.05) is 5.39 Å². The summed E-state index contributed by atoms with van der Waals surface area (Å²) < 4.78 is 0. The fraction of sp³-hybridized carbons (Fsp3) is 0. The average molecular weight is 186 g/mol. The summed E-state index contributed by atoms with van der Waals surface area (Å²) in [5, 5.41) is 17.5. The van der Waals surface area contributed by atoms with Crippen LogP contribution >= 0.6 is 0 Å². The summed E-state index contributed by atoms with van der Waals surface area (Å²) in [6, 6.07) is 7.56. The molecule has 0 aliphatic carbocycles. The van der Waals surface area contributed by atoms with E-state index >= 15 is 0 Å². The van der Waals surface area contributed by atoms with E-state index in [0.717, 1.165) is 15.7 Å². The van der Waals surface area contributed by atoms with Crippen molar-refractivity contribution < 1.29 is 5.21 Å². The van der Waals surface area contributed by atoms with Crippen LogP contribution in [0.4, 0.5) is 0 Å². The van der Waals surface area contributed by atoms with E-state index in [1.165, 1.54) is 6.20 Å². The summed E-state index contributed by atoms with van der Waals surface area (Å²) in [5.41, 5.74) is 2.07. The predicted octanol–water partition coefficient (Wildman–Crippen LogP) is 1.17. The maximum atomic E-state index is 9.46. The van der Waals surface area contributed by atoms with Crippen molar-refractivity contribution in [1.82, 2.24) is 20.1 Å². The first-order chi connectivity index (χ1) is 6.86. The molecule has 0 saturated carbocycles. The first-order valence-corrected chi connectivity index (χ1v) is 4.15. The molecular weight excluding hydrogens is 180 g/mol. The van der Waals surface area contributed by atoms with Crippen molar-refractivity contribution in [3.8, 4) is 11.4 Å². The van der Waals surface area contributed by atoms with E-state index in [9.17, 15) is 5.21 Å². The smallest absolute Gasteiger partial charge is 0.139 e. The van der Waals surface area contributed by atoms with Crippen LogP contribution in [-0.4, -0.2) is 25.3 Å². The first kappa shape index (κ1) is 7.25. The van der Waals surface area contributed by atoms with Crippen LogP contribution in [0.15, 0.2) is 30.5 Å². The molecule has 0 saturated heterocycles. The molecule has 1 N–H and O–H groups in total. The molecule has 2 aliphatic rings. The molecule has 68 valence electrons. The van der Waals surface area contributed by atoms with Crippen molar-refractivity contribution in [3.63, 3.8) is 0 Å². The Kier molecular flexibility index (Phi) is 1.25. The summed E-state index contributed by atoms with van der Waals surface area (Å²) in [7, 11) is 0. The second-order valence-corrected chi connectivity index (χ2v) is 2.99. The molecule has 0 fully saturated rings. The van der Waals surface area contributed by atoms with Crippen LogP contribution < -0.4 is 0 Å². The molecule has 0 aromatic heterocycles. The Bertz CT molecular complexity index is 574. The third-order valence-corrected chi connectivity index (χ3v) is 2.16. The molecule has 2 aliphatic heterocycles. The Labute approximate surface area is 78.9 Å². The second-order valence-electron chi connectivity index (χ2n) is 2.99. The minimum atomic E-state index is 0.593. The Hall–Kier alpha value is -2.17. The maximum Gasteiger partial charge on any atom is 0.139 e. The summed E-state index contributed by atoms with van der Waals surface area (Å²) in [6.07, 6.45) is 1.53. The molecule has 1 aromatic carbocycles. The fourth-order valence-electron chi connectivity index (χ4n) is 1.57. The minimum absolute atomic E-state index is 0.593. The Morgan fingerprint density at radius 3 is 3.00 bits per heavy atom. The molecule has 5 nitrogen and oxygen atoms in total. The third-order valence-electron chi connectivity index (χ3n) is 2.16. The summed E-state index contributed by atoms with van der Waals surface area (Å²) in [4.78, 5) is 5.05. The number of nitrogens with zero attached hydrogens (tertiary/aromatic N) is 4. The van der Waals surface area contributed by atoms with Crippen LogP contribution in [0, 0.1) is 0 Å². The van der Waals surface area contributed by atoms with E-state index in [-0.39, 0.29) is 0 Å². The van der Waals surface area contributed by atoms with Gasteiger partial charge in [0.25, 0.3) is 0 Å². The van der Waals surface area contributed by atoms with Gasteiger partial charge in [-0.3, -0.25) is 0 Å². The van der Waals surface area contributed by atoms with E-state index < -0.39 is 0 Å². The van der Waals surface area contributed by atoms with Crippen LogP contribution in [0.5, 0.6) is 0 Å². The van der Waals surface area contributed by atoms with E-state index in [1.807, 2.05) is 24.3 Å².